The highest BCUT2D eigenvalue weighted by Crippen LogP contribution is 2.10. The van der Waals surface area contributed by atoms with Gasteiger partial charge in [0, 0.05) is 37.8 Å². The Labute approximate surface area is 193 Å². The number of aliphatic carboxylic acids is 2. The number of nitrogens with one attached hydrogen (secondary N) is 1. The smallest absolute Gasteiger partial charge is 0.317 e. The molecule has 33 heavy (non-hydrogen) atoms. The van der Waals surface area contributed by atoms with Crippen molar-refractivity contribution in [2.24, 2.45) is 0 Å². The Morgan fingerprint density at radius 1 is 1.06 bits per heavy atom. The number of carboxylic acid groups (broad SMARTS) is 2. The molecule has 1 unspecified atom stereocenters. The second kappa shape index (κ2) is 12.8. The van der Waals surface area contributed by atoms with Crippen LogP contribution in [-0.4, -0.2) is 95.4 Å². The van der Waals surface area contributed by atoms with E-state index in [1.807, 2.05) is 12.1 Å². The molecule has 1 atom stereocenters. The molecule has 180 valence electrons. The lowest BCUT2D eigenvalue weighted by Gasteiger charge is -2.29. The van der Waals surface area contributed by atoms with Crippen molar-refractivity contribution in [3.63, 3.8) is 0 Å². The van der Waals surface area contributed by atoms with E-state index in [2.05, 4.69) is 5.32 Å². The van der Waals surface area contributed by atoms with Gasteiger partial charge in [-0.15, -0.1) is 0 Å². The zero-order valence-electron chi connectivity index (χ0n) is 18.8. The minimum Gasteiger partial charge on any atom is -0.480 e. The fourth-order valence-corrected chi connectivity index (χ4v) is 3.80. The summed E-state index contributed by atoms with van der Waals surface area (Å²) in [4.78, 5) is 50.7. The van der Waals surface area contributed by atoms with Gasteiger partial charge in [-0.05, 0) is 37.1 Å². The third kappa shape index (κ3) is 10.4. The zero-order valence-corrected chi connectivity index (χ0v) is 18.8. The van der Waals surface area contributed by atoms with E-state index in [4.69, 9.17) is 5.73 Å². The van der Waals surface area contributed by atoms with E-state index in [0.29, 0.717) is 24.2 Å². The van der Waals surface area contributed by atoms with Gasteiger partial charge in [-0.3, -0.25) is 29.0 Å². The van der Waals surface area contributed by atoms with Gasteiger partial charge in [0.05, 0.1) is 26.2 Å². The molecular formula is C23H32N4O6. The van der Waals surface area contributed by atoms with Gasteiger partial charge in [0.25, 0.3) is 0 Å². The molecule has 0 fully saturated rings. The molecule has 1 heterocycles. The van der Waals surface area contributed by atoms with Crippen LogP contribution in [0.15, 0.2) is 35.9 Å². The van der Waals surface area contributed by atoms with Gasteiger partial charge in [0.15, 0.2) is 11.6 Å². The molecule has 0 saturated heterocycles. The van der Waals surface area contributed by atoms with E-state index >= 15 is 0 Å². The average Bonchev–Trinajstić information content (AvgIpc) is 2.70. The Balaban J connectivity index is 2.27. The summed E-state index contributed by atoms with van der Waals surface area (Å²) in [6, 6.07) is 7.10. The number of nitrogen functional groups attached to an aromatic ring is 1. The first kappa shape index (κ1) is 26.2. The SMILES string of the molecule is CC1=CC(=O)CNC(Cc2ccc(N)cc2)CN(CC(=O)O)CCN(CC(=O)O)CC(=O)C1. The number of carbonyl (C=O) groups is 4. The number of benzene rings is 1. The number of carbonyl (C=O) groups excluding carboxylic acids is 2. The van der Waals surface area contributed by atoms with Crippen molar-refractivity contribution >= 4 is 29.2 Å². The van der Waals surface area contributed by atoms with Gasteiger partial charge in [-0.1, -0.05) is 17.7 Å². The quantitative estimate of drug-likeness (QED) is 0.428. The van der Waals surface area contributed by atoms with Crippen molar-refractivity contribution < 1.29 is 29.4 Å². The molecule has 0 aromatic heterocycles. The lowest BCUT2D eigenvalue weighted by atomic mass is 10.0. The fraction of sp³-hybridized carbons (Fsp3) is 0.478. The molecule has 0 radical (unpaired) electrons. The molecule has 0 amide bonds. The summed E-state index contributed by atoms with van der Waals surface area (Å²) >= 11 is 0. The Bertz CT molecular complexity index is 883. The van der Waals surface area contributed by atoms with Crippen LogP contribution in [0.3, 0.4) is 0 Å². The molecule has 0 aliphatic carbocycles. The second-order valence-electron chi connectivity index (χ2n) is 8.43. The van der Waals surface area contributed by atoms with Crippen molar-refractivity contribution in [1.82, 2.24) is 15.1 Å². The van der Waals surface area contributed by atoms with Gasteiger partial charge < -0.3 is 21.3 Å². The third-order valence-electron chi connectivity index (χ3n) is 5.24. The number of Topliss-reactive ketones (excluding diaryl/α,β-unsaturated/α-hetero) is 1. The van der Waals surface area contributed by atoms with Crippen molar-refractivity contribution in [3.8, 4) is 0 Å². The first-order valence-electron chi connectivity index (χ1n) is 10.8. The molecule has 0 spiro atoms. The van der Waals surface area contributed by atoms with Gasteiger partial charge in [0.1, 0.15) is 0 Å². The third-order valence-corrected chi connectivity index (χ3v) is 5.24. The van der Waals surface area contributed by atoms with E-state index in [1.54, 1.807) is 24.0 Å². The van der Waals surface area contributed by atoms with Gasteiger partial charge in [-0.2, -0.15) is 0 Å². The number of hydrogen-bond donors (Lipinski definition) is 4. The molecule has 1 aromatic rings. The summed E-state index contributed by atoms with van der Waals surface area (Å²) in [5.41, 5.74) is 7.99. The molecule has 10 heteroatoms. The van der Waals surface area contributed by atoms with Crippen LogP contribution < -0.4 is 11.1 Å². The normalized spacial score (nSPS) is 20.2. The standard InChI is InChI=1S/C23H32N4O6/c1-16-8-20(28)11-25-19(10-17-2-4-18(24)5-3-17)12-26(14-22(30)31)6-7-27(15-23(32)33)13-21(29)9-16/h2-5,8,19,25H,6-7,9-15,24H2,1H3,(H,30,31)(H,32,33). The van der Waals surface area contributed by atoms with Gasteiger partial charge >= 0.3 is 11.9 Å². The van der Waals surface area contributed by atoms with Gasteiger partial charge in [0.2, 0.25) is 0 Å². The van der Waals surface area contributed by atoms with E-state index in [9.17, 15) is 29.4 Å². The average molecular weight is 461 g/mol. The fourth-order valence-electron chi connectivity index (χ4n) is 3.80. The predicted octanol–water partition coefficient (Wildman–Crippen LogP) is 0.0309. The monoisotopic (exact) mass is 460 g/mol. The maximum absolute atomic E-state index is 12.4. The number of nitrogens with zero attached hydrogens (tertiary/aromatic N) is 2. The molecule has 1 aliphatic rings. The molecule has 0 saturated carbocycles. The lowest BCUT2D eigenvalue weighted by molar-refractivity contribution is -0.140. The van der Waals surface area contributed by atoms with Crippen LogP contribution in [-0.2, 0) is 25.6 Å². The zero-order chi connectivity index (χ0) is 24.4. The maximum Gasteiger partial charge on any atom is 0.317 e. The van der Waals surface area contributed by atoms with E-state index in [1.165, 1.54) is 11.0 Å². The number of ketones is 2. The molecule has 5 N–H and O–H groups in total. The van der Waals surface area contributed by atoms with Crippen LogP contribution >= 0.6 is 0 Å². The van der Waals surface area contributed by atoms with E-state index < -0.39 is 11.9 Å². The number of anilines is 1. The summed E-state index contributed by atoms with van der Waals surface area (Å²) < 4.78 is 0. The minimum absolute atomic E-state index is 0.0512. The highest BCUT2D eigenvalue weighted by atomic mass is 16.4. The van der Waals surface area contributed by atoms with Crippen molar-refractivity contribution in [2.75, 3.05) is 51.5 Å². The predicted molar refractivity (Wildman–Crippen MR) is 123 cm³/mol. The Hall–Kier alpha value is -3.08. The Morgan fingerprint density at radius 2 is 1.67 bits per heavy atom. The van der Waals surface area contributed by atoms with Crippen LogP contribution in [0.25, 0.3) is 0 Å². The van der Waals surface area contributed by atoms with Crippen LogP contribution in [0.1, 0.15) is 18.9 Å². The summed E-state index contributed by atoms with van der Waals surface area (Å²) in [5, 5.41) is 21.8. The van der Waals surface area contributed by atoms with Crippen molar-refractivity contribution in [2.45, 2.75) is 25.8 Å². The lowest BCUT2D eigenvalue weighted by Crippen LogP contribution is -2.48. The Morgan fingerprint density at radius 3 is 2.30 bits per heavy atom. The highest BCUT2D eigenvalue weighted by molar-refractivity contribution is 5.93. The topological polar surface area (TPSA) is 153 Å². The second-order valence-corrected chi connectivity index (χ2v) is 8.43. The number of allylic oxidation sites excluding steroid dienone is 1. The largest absolute Gasteiger partial charge is 0.480 e. The van der Waals surface area contributed by atoms with Crippen LogP contribution in [0.4, 0.5) is 5.69 Å². The number of hydrogen-bond acceptors (Lipinski definition) is 8. The summed E-state index contributed by atoms with van der Waals surface area (Å²) in [6.07, 6.45) is 2.02. The minimum atomic E-state index is -1.07. The molecule has 1 aliphatic heterocycles. The van der Waals surface area contributed by atoms with E-state index in [-0.39, 0.29) is 63.3 Å². The van der Waals surface area contributed by atoms with Crippen LogP contribution in [0, 0.1) is 0 Å². The molecule has 1 aromatic carbocycles. The molecule has 0 bridgehead atoms. The van der Waals surface area contributed by atoms with Crippen molar-refractivity contribution in [3.05, 3.63) is 41.5 Å². The molecule has 10 nitrogen and oxygen atoms in total. The highest BCUT2D eigenvalue weighted by Gasteiger charge is 2.21. The van der Waals surface area contributed by atoms with Crippen LogP contribution in [0.5, 0.6) is 0 Å². The first-order valence-corrected chi connectivity index (χ1v) is 10.8. The van der Waals surface area contributed by atoms with Gasteiger partial charge in [-0.25, -0.2) is 0 Å². The number of rotatable bonds is 6. The summed E-state index contributed by atoms with van der Waals surface area (Å²) in [6.45, 7) is 1.89. The number of carboxylic acids is 2. The van der Waals surface area contributed by atoms with E-state index in [0.717, 1.165) is 5.56 Å². The van der Waals surface area contributed by atoms with Crippen molar-refractivity contribution in [1.29, 1.82) is 0 Å². The maximum atomic E-state index is 12.4. The van der Waals surface area contributed by atoms with Crippen LogP contribution in [0.2, 0.25) is 0 Å². The Kier molecular flexibility index (Phi) is 10.2. The molecular weight excluding hydrogens is 428 g/mol. The molecule has 2 rings (SSSR count). The first-order chi connectivity index (χ1) is 15.6. The summed E-state index contributed by atoms with van der Waals surface area (Å²) in [7, 11) is 0. The number of nitrogens with two attached hydrogens (primary N) is 1. The summed E-state index contributed by atoms with van der Waals surface area (Å²) in [5.74, 6) is -2.47.